The van der Waals surface area contributed by atoms with Gasteiger partial charge in [-0.3, -0.25) is 4.79 Å². The number of alkyl halides is 3. The summed E-state index contributed by atoms with van der Waals surface area (Å²) in [5, 5.41) is 2.42. The third-order valence-electron chi connectivity index (χ3n) is 6.64. The molecule has 1 saturated heterocycles. The number of benzene rings is 1. The molecule has 3 aliphatic rings. The van der Waals surface area contributed by atoms with Crippen molar-refractivity contribution in [3.05, 3.63) is 35.5 Å². The normalized spacial score (nSPS) is 24.1. The summed E-state index contributed by atoms with van der Waals surface area (Å²) in [6, 6.07) is 3.95. The molecule has 1 N–H and O–H groups in total. The summed E-state index contributed by atoms with van der Waals surface area (Å²) < 4.78 is 64.5. The van der Waals surface area contributed by atoms with Crippen molar-refractivity contribution in [3.8, 4) is 5.75 Å². The van der Waals surface area contributed by atoms with Crippen LogP contribution in [0.5, 0.6) is 5.75 Å². The van der Waals surface area contributed by atoms with Crippen molar-refractivity contribution in [2.75, 3.05) is 29.9 Å². The predicted octanol–water partition coefficient (Wildman–Crippen LogP) is 5.20. The molecule has 0 bridgehead atoms. The van der Waals surface area contributed by atoms with E-state index in [1.54, 1.807) is 4.90 Å². The fraction of sp³-hybridized carbons (Fsp3) is 0.565. The number of anilines is 2. The summed E-state index contributed by atoms with van der Waals surface area (Å²) in [6.07, 6.45) is -0.699. The maximum absolute atomic E-state index is 14.5. The molecule has 5 rings (SSSR count). The minimum absolute atomic E-state index is 0.00335. The van der Waals surface area contributed by atoms with Gasteiger partial charge in [0.1, 0.15) is 12.2 Å². The minimum Gasteiger partial charge on any atom is -0.490 e. The zero-order chi connectivity index (χ0) is 23.2. The Hall–Kier alpha value is -2.78. The number of halogens is 4. The Labute approximate surface area is 188 Å². The van der Waals surface area contributed by atoms with E-state index in [0.29, 0.717) is 25.6 Å². The number of aromatic nitrogens is 1. The largest absolute Gasteiger partial charge is 0.490 e. The maximum atomic E-state index is 14.5. The number of rotatable bonds is 7. The van der Waals surface area contributed by atoms with Crippen LogP contribution in [-0.4, -0.2) is 36.8 Å². The Balaban J connectivity index is 1.26. The third kappa shape index (κ3) is 5.09. The molecule has 178 valence electrons. The molecule has 0 spiro atoms. The van der Waals surface area contributed by atoms with E-state index in [-0.39, 0.29) is 17.5 Å². The quantitative estimate of drug-likeness (QED) is 0.568. The van der Waals surface area contributed by atoms with Gasteiger partial charge in [-0.1, -0.05) is 0 Å². The van der Waals surface area contributed by atoms with Crippen LogP contribution in [0.2, 0.25) is 0 Å². The molecule has 1 amide bonds. The van der Waals surface area contributed by atoms with Crippen molar-refractivity contribution >= 4 is 17.6 Å². The number of hydrogen-bond acceptors (Lipinski definition) is 5. The molecule has 1 aromatic carbocycles. The van der Waals surface area contributed by atoms with Crippen molar-refractivity contribution < 1.29 is 31.5 Å². The summed E-state index contributed by atoms with van der Waals surface area (Å²) in [6.45, 7) is 1.65. The molecule has 6 nitrogen and oxygen atoms in total. The lowest BCUT2D eigenvalue weighted by Gasteiger charge is -2.14. The Kier molecular flexibility index (Phi) is 5.70. The Bertz CT molecular complexity index is 1020. The van der Waals surface area contributed by atoms with E-state index in [2.05, 4.69) is 10.3 Å². The van der Waals surface area contributed by atoms with Crippen molar-refractivity contribution in [1.29, 1.82) is 0 Å². The second kappa shape index (κ2) is 8.53. The van der Waals surface area contributed by atoms with Gasteiger partial charge in [-0.2, -0.15) is 18.2 Å². The molecule has 0 radical (unpaired) electrons. The highest BCUT2D eigenvalue weighted by Crippen LogP contribution is 2.54. The molecular formula is C23H25F4N3O3. The van der Waals surface area contributed by atoms with E-state index in [1.165, 1.54) is 18.6 Å². The van der Waals surface area contributed by atoms with Crippen molar-refractivity contribution in [1.82, 2.24) is 4.98 Å². The first kappa shape index (κ1) is 22.0. The average molecular weight is 467 g/mol. The number of carbonyl (C=O) groups excluding carboxylic acids is 1. The van der Waals surface area contributed by atoms with E-state index in [4.69, 9.17) is 9.15 Å². The summed E-state index contributed by atoms with van der Waals surface area (Å²) in [5.41, 5.74) is -0.356. The second-order valence-corrected chi connectivity index (χ2v) is 9.26. The summed E-state index contributed by atoms with van der Waals surface area (Å²) in [4.78, 5) is 18.4. The first-order chi connectivity index (χ1) is 15.7. The smallest absolute Gasteiger partial charge is 0.396 e. The van der Waals surface area contributed by atoms with E-state index >= 15 is 0 Å². The van der Waals surface area contributed by atoms with Crippen LogP contribution in [-0.2, 0) is 6.42 Å². The Morgan fingerprint density at radius 2 is 1.91 bits per heavy atom. The molecular weight excluding hydrogens is 442 g/mol. The fourth-order valence-corrected chi connectivity index (χ4v) is 4.93. The van der Waals surface area contributed by atoms with E-state index in [1.807, 2.05) is 0 Å². The SMILES string of the molecule is O=C(Nc1ccc(OCC2CC3CC3C2)c(F)c1)c1nc(N2CCCC2)oc1CC(F)(F)F. The van der Waals surface area contributed by atoms with Crippen LogP contribution >= 0.6 is 0 Å². The standard InChI is InChI=1S/C23H25F4N3O3/c24-17-10-16(3-4-18(17)32-12-13-7-14-9-15(14)8-13)28-21(31)20-19(11-23(25,26)27)33-22(29-20)30-5-1-2-6-30/h3-4,10,13-15H,1-2,5-9,11-12H2,(H,28,31). The lowest BCUT2D eigenvalue weighted by molar-refractivity contribution is -0.130. The van der Waals surface area contributed by atoms with Gasteiger partial charge < -0.3 is 19.4 Å². The highest BCUT2D eigenvalue weighted by molar-refractivity contribution is 6.03. The summed E-state index contributed by atoms with van der Waals surface area (Å²) >= 11 is 0. The van der Waals surface area contributed by atoms with Crippen LogP contribution in [0.1, 0.15) is 48.4 Å². The van der Waals surface area contributed by atoms with E-state index < -0.39 is 35.8 Å². The topological polar surface area (TPSA) is 67.6 Å². The second-order valence-electron chi connectivity index (χ2n) is 9.26. The van der Waals surface area contributed by atoms with Crippen LogP contribution in [0, 0.1) is 23.6 Å². The number of nitrogens with zero attached hydrogens (tertiary/aromatic N) is 2. The maximum Gasteiger partial charge on any atom is 0.396 e. The molecule has 2 aliphatic carbocycles. The van der Waals surface area contributed by atoms with Crippen molar-refractivity contribution in [2.45, 2.75) is 44.7 Å². The van der Waals surface area contributed by atoms with Crippen LogP contribution in [0.25, 0.3) is 0 Å². The van der Waals surface area contributed by atoms with Gasteiger partial charge in [0.05, 0.1) is 6.61 Å². The van der Waals surface area contributed by atoms with Crippen LogP contribution in [0.15, 0.2) is 22.6 Å². The number of oxazole rings is 1. The van der Waals surface area contributed by atoms with Crippen LogP contribution < -0.4 is 15.0 Å². The highest BCUT2D eigenvalue weighted by atomic mass is 19.4. The van der Waals surface area contributed by atoms with Gasteiger partial charge in [-0.05, 0) is 62.0 Å². The number of nitrogens with one attached hydrogen (secondary N) is 1. The number of ether oxygens (including phenoxy) is 1. The first-order valence-corrected chi connectivity index (χ1v) is 11.3. The van der Waals surface area contributed by atoms with Gasteiger partial charge in [0.2, 0.25) is 0 Å². The zero-order valence-corrected chi connectivity index (χ0v) is 18.0. The van der Waals surface area contributed by atoms with Gasteiger partial charge in [0.25, 0.3) is 11.9 Å². The van der Waals surface area contributed by atoms with Gasteiger partial charge >= 0.3 is 6.18 Å². The van der Waals surface area contributed by atoms with E-state index in [9.17, 15) is 22.4 Å². The highest BCUT2D eigenvalue weighted by Gasteiger charge is 2.45. The Morgan fingerprint density at radius 1 is 1.18 bits per heavy atom. The Morgan fingerprint density at radius 3 is 2.58 bits per heavy atom. The van der Waals surface area contributed by atoms with Crippen LogP contribution in [0.4, 0.5) is 29.3 Å². The monoisotopic (exact) mass is 467 g/mol. The van der Waals surface area contributed by atoms with Gasteiger partial charge in [-0.15, -0.1) is 0 Å². The molecule has 2 saturated carbocycles. The third-order valence-corrected chi connectivity index (χ3v) is 6.64. The molecule has 3 fully saturated rings. The van der Waals surface area contributed by atoms with E-state index in [0.717, 1.165) is 43.6 Å². The van der Waals surface area contributed by atoms with Gasteiger partial charge in [0.15, 0.2) is 17.3 Å². The number of amides is 1. The molecule has 1 aromatic heterocycles. The first-order valence-electron chi connectivity index (χ1n) is 11.3. The number of hydrogen-bond donors (Lipinski definition) is 1. The summed E-state index contributed by atoms with van der Waals surface area (Å²) in [7, 11) is 0. The van der Waals surface area contributed by atoms with Crippen molar-refractivity contribution in [2.24, 2.45) is 17.8 Å². The lowest BCUT2D eigenvalue weighted by Crippen LogP contribution is -2.19. The molecule has 2 heterocycles. The molecule has 10 heteroatoms. The lowest BCUT2D eigenvalue weighted by atomic mass is 10.1. The molecule has 2 unspecified atom stereocenters. The number of carbonyl (C=O) groups is 1. The predicted molar refractivity (Wildman–Crippen MR) is 112 cm³/mol. The molecule has 2 atom stereocenters. The average Bonchev–Trinajstić information content (AvgIpc) is 3.16. The van der Waals surface area contributed by atoms with Gasteiger partial charge in [0, 0.05) is 24.8 Å². The molecule has 1 aliphatic heterocycles. The van der Waals surface area contributed by atoms with Gasteiger partial charge in [-0.25, -0.2) is 4.39 Å². The van der Waals surface area contributed by atoms with Crippen LogP contribution in [0.3, 0.4) is 0 Å². The fourth-order valence-electron chi connectivity index (χ4n) is 4.93. The van der Waals surface area contributed by atoms with Crippen molar-refractivity contribution in [3.63, 3.8) is 0 Å². The minimum atomic E-state index is -4.57. The molecule has 2 aromatic rings. The number of fused-ring (bicyclic) bond motifs is 1. The zero-order valence-electron chi connectivity index (χ0n) is 18.0. The molecule has 33 heavy (non-hydrogen) atoms. The summed E-state index contributed by atoms with van der Waals surface area (Å²) in [5.74, 6) is 0.0558.